The first kappa shape index (κ1) is 21.5. The van der Waals surface area contributed by atoms with Crippen LogP contribution in [0.25, 0.3) is 0 Å². The van der Waals surface area contributed by atoms with Crippen LogP contribution in [0.3, 0.4) is 0 Å². The van der Waals surface area contributed by atoms with Crippen LogP contribution in [0.5, 0.6) is 0 Å². The predicted molar refractivity (Wildman–Crippen MR) is 104 cm³/mol. The molecule has 1 aliphatic heterocycles. The summed E-state index contributed by atoms with van der Waals surface area (Å²) in [6.45, 7) is 4.16. The van der Waals surface area contributed by atoms with Gasteiger partial charge in [0, 0.05) is 25.6 Å². The molecule has 1 fully saturated rings. The van der Waals surface area contributed by atoms with E-state index in [1.54, 1.807) is 0 Å². The van der Waals surface area contributed by atoms with Crippen LogP contribution in [0.4, 0.5) is 0 Å². The summed E-state index contributed by atoms with van der Waals surface area (Å²) in [4.78, 5) is 13.5. The summed E-state index contributed by atoms with van der Waals surface area (Å²) in [5.41, 5.74) is 6.21. The molecule has 0 radical (unpaired) electrons. The maximum absolute atomic E-state index is 11.5. The molecule has 2 N–H and O–H groups in total. The highest BCUT2D eigenvalue weighted by atomic mass is 16.2. The summed E-state index contributed by atoms with van der Waals surface area (Å²) in [5, 5.41) is 0. The first-order chi connectivity index (χ1) is 11.7. The van der Waals surface area contributed by atoms with Crippen LogP contribution in [-0.2, 0) is 4.79 Å². The molecule has 0 aromatic heterocycles. The molecule has 0 bridgehead atoms. The quantitative estimate of drug-likeness (QED) is 0.382. The van der Waals surface area contributed by atoms with Crippen molar-refractivity contribution in [1.29, 1.82) is 0 Å². The van der Waals surface area contributed by atoms with Gasteiger partial charge in [0.15, 0.2) is 0 Å². The van der Waals surface area contributed by atoms with Crippen molar-refractivity contribution in [3.8, 4) is 0 Å². The summed E-state index contributed by atoms with van der Waals surface area (Å²) in [5.74, 6) is 0.342. The lowest BCUT2D eigenvalue weighted by Gasteiger charge is -2.17. The monoisotopic (exact) mass is 338 g/mol. The maximum atomic E-state index is 11.5. The average molecular weight is 339 g/mol. The van der Waals surface area contributed by atoms with E-state index < -0.39 is 0 Å². The maximum Gasteiger partial charge on any atom is 0.222 e. The molecule has 3 heteroatoms. The van der Waals surface area contributed by atoms with Crippen LogP contribution >= 0.6 is 0 Å². The summed E-state index contributed by atoms with van der Waals surface area (Å²) < 4.78 is 0. The zero-order valence-corrected chi connectivity index (χ0v) is 16.2. The molecule has 0 spiro atoms. The zero-order valence-electron chi connectivity index (χ0n) is 16.2. The largest absolute Gasteiger partial charge is 0.343 e. The average Bonchev–Trinajstić information content (AvgIpc) is 2.98. The van der Waals surface area contributed by atoms with E-state index in [1.807, 2.05) is 4.90 Å². The minimum Gasteiger partial charge on any atom is -0.343 e. The number of unbranched alkanes of at least 4 members (excludes halogenated alkanes) is 10. The van der Waals surface area contributed by atoms with E-state index in [-0.39, 0.29) is 0 Å². The molecule has 1 heterocycles. The number of likely N-dealkylation sites (tertiary alicyclic amines) is 1. The Balaban J connectivity index is 1.79. The number of carbonyl (C=O) groups is 1. The molecule has 1 rings (SSSR count). The molecule has 24 heavy (non-hydrogen) atoms. The van der Waals surface area contributed by atoms with Gasteiger partial charge in [-0.2, -0.15) is 0 Å². The van der Waals surface area contributed by atoms with Gasteiger partial charge in [-0.3, -0.25) is 4.79 Å². The van der Waals surface area contributed by atoms with Gasteiger partial charge in [0.25, 0.3) is 0 Å². The fourth-order valence-electron chi connectivity index (χ4n) is 3.70. The fourth-order valence-corrected chi connectivity index (χ4v) is 3.70. The van der Waals surface area contributed by atoms with Crippen LogP contribution in [0, 0.1) is 0 Å². The van der Waals surface area contributed by atoms with Crippen molar-refractivity contribution >= 4 is 5.91 Å². The predicted octanol–water partition coefficient (Wildman–Crippen LogP) is 5.42. The minimum atomic E-state index is 0.335. The summed E-state index contributed by atoms with van der Waals surface area (Å²) in [6.07, 6.45) is 20.4. The number of hydrogen-bond acceptors (Lipinski definition) is 2. The Morgan fingerprint density at radius 2 is 1.42 bits per heavy atom. The second-order valence-electron chi connectivity index (χ2n) is 7.71. The highest BCUT2D eigenvalue weighted by Crippen LogP contribution is 2.14. The Kier molecular flexibility index (Phi) is 13.2. The van der Waals surface area contributed by atoms with Crippen molar-refractivity contribution in [1.82, 2.24) is 4.90 Å². The lowest BCUT2D eigenvalue weighted by molar-refractivity contribution is -0.127. The Labute approximate surface area is 150 Å². The molecule has 1 amide bonds. The molecule has 3 nitrogen and oxygen atoms in total. The third-order valence-electron chi connectivity index (χ3n) is 5.35. The lowest BCUT2D eigenvalue weighted by atomic mass is 10.0. The highest BCUT2D eigenvalue weighted by Gasteiger charge is 2.19. The fraction of sp³-hybridized carbons (Fsp3) is 0.952. The second-order valence-corrected chi connectivity index (χ2v) is 7.71. The molecule has 1 saturated heterocycles. The highest BCUT2D eigenvalue weighted by molar-refractivity contribution is 5.77. The van der Waals surface area contributed by atoms with E-state index in [0.717, 1.165) is 45.2 Å². The van der Waals surface area contributed by atoms with Gasteiger partial charge in [0.05, 0.1) is 0 Å². The van der Waals surface area contributed by atoms with E-state index in [1.165, 1.54) is 70.6 Å². The Morgan fingerprint density at radius 1 is 0.875 bits per heavy atom. The lowest BCUT2D eigenvalue weighted by Crippen LogP contribution is -2.28. The number of hydrogen-bond donors (Lipinski definition) is 1. The van der Waals surface area contributed by atoms with Crippen molar-refractivity contribution in [2.75, 3.05) is 13.1 Å². The molecule has 1 unspecified atom stereocenters. The Hall–Kier alpha value is -0.570. The van der Waals surface area contributed by atoms with E-state index in [0.29, 0.717) is 11.9 Å². The number of nitrogens with zero attached hydrogens (tertiary/aromatic N) is 1. The van der Waals surface area contributed by atoms with Crippen LogP contribution in [0.2, 0.25) is 0 Å². The number of nitrogens with two attached hydrogens (primary N) is 1. The third kappa shape index (κ3) is 11.1. The van der Waals surface area contributed by atoms with Gasteiger partial charge in [0.2, 0.25) is 5.91 Å². The molecule has 0 aromatic carbocycles. The van der Waals surface area contributed by atoms with Crippen molar-refractivity contribution in [3.05, 3.63) is 0 Å². The number of carbonyl (C=O) groups excluding carboxylic acids is 1. The molecule has 0 aliphatic carbocycles. The van der Waals surface area contributed by atoms with Gasteiger partial charge in [-0.05, 0) is 25.7 Å². The molecule has 0 aromatic rings. The first-order valence-corrected chi connectivity index (χ1v) is 10.8. The minimum absolute atomic E-state index is 0.335. The molecule has 0 saturated carbocycles. The van der Waals surface area contributed by atoms with Crippen molar-refractivity contribution < 1.29 is 4.79 Å². The number of rotatable bonds is 16. The topological polar surface area (TPSA) is 46.3 Å². The molecular formula is C21H42N2O. The van der Waals surface area contributed by atoms with Gasteiger partial charge in [-0.15, -0.1) is 0 Å². The van der Waals surface area contributed by atoms with E-state index >= 15 is 0 Å². The summed E-state index contributed by atoms with van der Waals surface area (Å²) in [6, 6.07) is 0.335. The SMILES string of the molecule is CCCCCCCCCCCCCC(N)CCCN1CCCC1=O. The second kappa shape index (κ2) is 14.7. The zero-order chi connectivity index (χ0) is 17.5. The van der Waals surface area contributed by atoms with Gasteiger partial charge < -0.3 is 10.6 Å². The van der Waals surface area contributed by atoms with Crippen LogP contribution < -0.4 is 5.73 Å². The molecule has 1 atom stereocenters. The van der Waals surface area contributed by atoms with Gasteiger partial charge in [-0.25, -0.2) is 0 Å². The van der Waals surface area contributed by atoms with Crippen molar-refractivity contribution in [2.24, 2.45) is 5.73 Å². The van der Waals surface area contributed by atoms with Gasteiger partial charge >= 0.3 is 0 Å². The van der Waals surface area contributed by atoms with Crippen LogP contribution in [-0.4, -0.2) is 29.9 Å². The van der Waals surface area contributed by atoms with Gasteiger partial charge in [0.1, 0.15) is 0 Å². The van der Waals surface area contributed by atoms with E-state index in [9.17, 15) is 4.79 Å². The Bertz CT molecular complexity index is 306. The first-order valence-electron chi connectivity index (χ1n) is 10.8. The summed E-state index contributed by atoms with van der Waals surface area (Å²) in [7, 11) is 0. The van der Waals surface area contributed by atoms with Crippen LogP contribution in [0.1, 0.15) is 110 Å². The molecule has 142 valence electrons. The normalized spacial score (nSPS) is 16.1. The van der Waals surface area contributed by atoms with Gasteiger partial charge in [-0.1, -0.05) is 77.6 Å². The van der Waals surface area contributed by atoms with Crippen molar-refractivity contribution in [2.45, 2.75) is 116 Å². The third-order valence-corrected chi connectivity index (χ3v) is 5.35. The van der Waals surface area contributed by atoms with E-state index in [4.69, 9.17) is 5.73 Å². The summed E-state index contributed by atoms with van der Waals surface area (Å²) >= 11 is 0. The van der Waals surface area contributed by atoms with E-state index in [2.05, 4.69) is 6.92 Å². The Morgan fingerprint density at radius 3 is 1.96 bits per heavy atom. The van der Waals surface area contributed by atoms with Crippen molar-refractivity contribution in [3.63, 3.8) is 0 Å². The smallest absolute Gasteiger partial charge is 0.222 e. The molecular weight excluding hydrogens is 296 g/mol. The molecule has 1 aliphatic rings. The van der Waals surface area contributed by atoms with Crippen LogP contribution in [0.15, 0.2) is 0 Å². The standard InChI is InChI=1S/C21H42N2O/c1-2-3-4-5-6-7-8-9-10-11-12-15-20(22)16-13-18-23-19-14-17-21(23)24/h20H,2-19,22H2,1H3. The number of amides is 1.